The smallest absolute Gasteiger partial charge is 0.343 e. The van der Waals surface area contributed by atoms with Gasteiger partial charge in [0.15, 0.2) is 5.03 Å². The van der Waals surface area contributed by atoms with Crippen molar-refractivity contribution in [2.75, 3.05) is 5.32 Å². The van der Waals surface area contributed by atoms with Crippen LogP contribution in [0.1, 0.15) is 10.4 Å². The van der Waals surface area contributed by atoms with E-state index in [-0.39, 0.29) is 22.1 Å². The minimum absolute atomic E-state index is 0.00883. The van der Waals surface area contributed by atoms with Crippen LogP contribution in [0.15, 0.2) is 64.8 Å². The average molecular weight is 403 g/mol. The fourth-order valence-electron chi connectivity index (χ4n) is 2.14. The van der Waals surface area contributed by atoms with Crippen molar-refractivity contribution in [3.8, 4) is 0 Å². The van der Waals surface area contributed by atoms with Gasteiger partial charge in [0.25, 0.3) is 0 Å². The lowest BCUT2D eigenvalue weighted by Gasteiger charge is -2.09. The third kappa shape index (κ3) is 4.52. The fraction of sp³-hybridized carbons (Fsp3) is 0. The van der Waals surface area contributed by atoms with Crippen molar-refractivity contribution in [1.82, 2.24) is 9.97 Å². The molecule has 2 aromatic carbocycles. The number of aromatic carboxylic acids is 1. The molecule has 0 bridgehead atoms. The molecule has 3 aromatic rings. The summed E-state index contributed by atoms with van der Waals surface area (Å²) in [7, 11) is 0. The van der Waals surface area contributed by atoms with E-state index in [1.54, 1.807) is 24.3 Å². The van der Waals surface area contributed by atoms with Gasteiger partial charge in [-0.3, -0.25) is 10.1 Å². The number of carboxylic acid groups (broad SMARTS) is 1. The Morgan fingerprint density at radius 2 is 1.78 bits per heavy atom. The van der Waals surface area contributed by atoms with Gasteiger partial charge in [-0.15, -0.1) is 0 Å². The van der Waals surface area contributed by atoms with E-state index in [0.29, 0.717) is 10.7 Å². The first-order chi connectivity index (χ1) is 12.9. The van der Waals surface area contributed by atoms with Crippen LogP contribution in [-0.4, -0.2) is 26.0 Å². The molecule has 1 heterocycles. The van der Waals surface area contributed by atoms with E-state index in [1.165, 1.54) is 30.6 Å². The molecule has 0 fully saturated rings. The number of nitrogens with zero attached hydrogens (tertiary/aromatic N) is 3. The van der Waals surface area contributed by atoms with Gasteiger partial charge in [-0.05, 0) is 48.5 Å². The van der Waals surface area contributed by atoms with Crippen LogP contribution in [0.25, 0.3) is 0 Å². The summed E-state index contributed by atoms with van der Waals surface area (Å²) >= 11 is 6.97. The van der Waals surface area contributed by atoms with Gasteiger partial charge < -0.3 is 10.4 Å². The summed E-state index contributed by atoms with van der Waals surface area (Å²) in [4.78, 5) is 30.6. The molecule has 0 saturated carbocycles. The molecule has 1 aromatic heterocycles. The first kappa shape index (κ1) is 18.6. The highest BCUT2D eigenvalue weighted by Crippen LogP contribution is 2.37. The molecule has 0 aliphatic carbocycles. The van der Waals surface area contributed by atoms with Gasteiger partial charge >= 0.3 is 11.7 Å². The van der Waals surface area contributed by atoms with Gasteiger partial charge in [0, 0.05) is 15.6 Å². The summed E-state index contributed by atoms with van der Waals surface area (Å²) in [6.45, 7) is 0. The topological polar surface area (TPSA) is 118 Å². The van der Waals surface area contributed by atoms with Gasteiger partial charge in [-0.1, -0.05) is 23.4 Å². The van der Waals surface area contributed by atoms with Crippen LogP contribution in [0, 0.1) is 10.1 Å². The van der Waals surface area contributed by atoms with Crippen molar-refractivity contribution < 1.29 is 14.8 Å². The number of benzene rings is 2. The van der Waals surface area contributed by atoms with Crippen molar-refractivity contribution in [2.24, 2.45) is 0 Å². The Labute approximate surface area is 162 Å². The Kier molecular flexibility index (Phi) is 5.53. The van der Waals surface area contributed by atoms with Crippen molar-refractivity contribution in [3.05, 3.63) is 75.6 Å². The van der Waals surface area contributed by atoms with Gasteiger partial charge in [-0.25, -0.2) is 14.8 Å². The number of carbonyl (C=O) groups is 1. The molecule has 0 aliphatic heterocycles. The van der Waals surface area contributed by atoms with Crippen molar-refractivity contribution in [2.45, 2.75) is 9.92 Å². The van der Waals surface area contributed by atoms with Crippen molar-refractivity contribution in [3.63, 3.8) is 0 Å². The predicted octanol–water partition coefficient (Wildman–Crippen LogP) is 4.63. The summed E-state index contributed by atoms with van der Waals surface area (Å²) in [5, 5.41) is 24.1. The molecular formula is C17H11ClN4O4S. The molecule has 8 nitrogen and oxygen atoms in total. The predicted molar refractivity (Wildman–Crippen MR) is 101 cm³/mol. The lowest BCUT2D eigenvalue weighted by molar-refractivity contribution is -0.387. The molecule has 0 spiro atoms. The molecule has 3 rings (SSSR count). The molecule has 2 N–H and O–H groups in total. The molecular weight excluding hydrogens is 392 g/mol. The number of nitro groups is 1. The molecule has 0 aliphatic rings. The lowest BCUT2D eigenvalue weighted by Crippen LogP contribution is -2.03. The number of halogens is 1. The molecule has 10 heteroatoms. The van der Waals surface area contributed by atoms with E-state index < -0.39 is 10.9 Å². The van der Waals surface area contributed by atoms with Crippen LogP contribution < -0.4 is 5.32 Å². The second kappa shape index (κ2) is 8.02. The van der Waals surface area contributed by atoms with Crippen LogP contribution in [0.3, 0.4) is 0 Å². The Bertz CT molecular complexity index is 997. The standard InChI is InChI=1S/C17H11ClN4O4S/c18-11-3-7-13(8-4-11)27-16-14(22(25)26)15(19-9-20-16)21-12-5-1-10(2-6-12)17(23)24/h1-9H,(H,23,24)(H,19,20,21). The van der Waals surface area contributed by atoms with Crippen LogP contribution >= 0.6 is 23.4 Å². The van der Waals surface area contributed by atoms with E-state index in [4.69, 9.17) is 16.7 Å². The number of aromatic nitrogens is 2. The summed E-state index contributed by atoms with van der Waals surface area (Å²) in [5.41, 5.74) is 0.292. The Morgan fingerprint density at radius 1 is 1.11 bits per heavy atom. The SMILES string of the molecule is O=C(O)c1ccc(Nc2ncnc(Sc3ccc(Cl)cc3)c2[N+](=O)[O-])cc1. The minimum Gasteiger partial charge on any atom is -0.478 e. The number of carboxylic acids is 1. The van der Waals surface area contributed by atoms with E-state index in [2.05, 4.69) is 15.3 Å². The van der Waals surface area contributed by atoms with Gasteiger partial charge in [-0.2, -0.15) is 0 Å². The zero-order valence-electron chi connectivity index (χ0n) is 13.5. The highest BCUT2D eigenvalue weighted by molar-refractivity contribution is 7.99. The van der Waals surface area contributed by atoms with Gasteiger partial charge in [0.05, 0.1) is 10.5 Å². The second-order valence-corrected chi connectivity index (χ2v) is 6.70. The molecule has 0 radical (unpaired) electrons. The van der Waals surface area contributed by atoms with Crippen LogP contribution in [0.4, 0.5) is 17.2 Å². The van der Waals surface area contributed by atoms with Crippen LogP contribution in [0.2, 0.25) is 5.02 Å². The van der Waals surface area contributed by atoms with E-state index in [0.717, 1.165) is 16.7 Å². The second-order valence-electron chi connectivity index (χ2n) is 5.20. The minimum atomic E-state index is -1.06. The first-order valence-electron chi connectivity index (χ1n) is 7.47. The zero-order valence-corrected chi connectivity index (χ0v) is 15.1. The number of anilines is 2. The zero-order chi connectivity index (χ0) is 19.4. The number of hydrogen-bond acceptors (Lipinski definition) is 7. The van der Waals surface area contributed by atoms with Crippen molar-refractivity contribution >= 4 is 46.5 Å². The number of rotatable bonds is 6. The molecule has 0 atom stereocenters. The monoisotopic (exact) mass is 402 g/mol. The third-order valence-corrected chi connectivity index (χ3v) is 4.65. The Morgan fingerprint density at radius 3 is 2.37 bits per heavy atom. The highest BCUT2D eigenvalue weighted by atomic mass is 35.5. The molecule has 0 amide bonds. The Hall–Kier alpha value is -3.17. The average Bonchev–Trinajstić information content (AvgIpc) is 2.64. The quantitative estimate of drug-likeness (QED) is 0.348. The maximum Gasteiger partial charge on any atom is 0.343 e. The largest absolute Gasteiger partial charge is 0.478 e. The summed E-state index contributed by atoms with van der Waals surface area (Å²) < 4.78 is 0. The molecule has 0 saturated heterocycles. The fourth-order valence-corrected chi connectivity index (χ4v) is 3.13. The highest BCUT2D eigenvalue weighted by Gasteiger charge is 2.24. The number of hydrogen-bond donors (Lipinski definition) is 2. The third-order valence-electron chi connectivity index (χ3n) is 3.39. The number of nitrogens with one attached hydrogen (secondary N) is 1. The summed E-state index contributed by atoms with van der Waals surface area (Å²) in [5.74, 6) is -1.05. The van der Waals surface area contributed by atoms with E-state index in [1.807, 2.05) is 0 Å². The maximum atomic E-state index is 11.6. The summed E-state index contributed by atoms with van der Waals surface area (Å²) in [6.07, 6.45) is 1.22. The van der Waals surface area contributed by atoms with Crippen molar-refractivity contribution in [1.29, 1.82) is 0 Å². The van der Waals surface area contributed by atoms with E-state index in [9.17, 15) is 14.9 Å². The molecule has 136 valence electrons. The summed E-state index contributed by atoms with van der Waals surface area (Å²) in [6, 6.07) is 12.6. The molecule has 27 heavy (non-hydrogen) atoms. The van der Waals surface area contributed by atoms with E-state index >= 15 is 0 Å². The maximum absolute atomic E-state index is 11.6. The molecule has 0 unspecified atom stereocenters. The normalized spacial score (nSPS) is 10.4. The first-order valence-corrected chi connectivity index (χ1v) is 8.66. The van der Waals surface area contributed by atoms with Gasteiger partial charge in [0.2, 0.25) is 5.82 Å². The Balaban J connectivity index is 1.92. The van der Waals surface area contributed by atoms with Gasteiger partial charge in [0.1, 0.15) is 6.33 Å². The van der Waals surface area contributed by atoms with Crippen LogP contribution in [-0.2, 0) is 0 Å². The lowest BCUT2D eigenvalue weighted by atomic mass is 10.2. The van der Waals surface area contributed by atoms with Crippen LogP contribution in [0.5, 0.6) is 0 Å².